The molecule has 0 aromatic carbocycles. The Balaban J connectivity index is 5.55. The second-order valence-corrected chi connectivity index (χ2v) is 6.94. The largest absolute Gasteiger partial charge is 0.481 e. The molecule has 0 heterocycles. The van der Waals surface area contributed by atoms with Crippen LogP contribution in [-0.4, -0.2) is 86.9 Å². The molecule has 14 nitrogen and oxygen atoms in total. The molecule has 0 spiro atoms. The van der Waals surface area contributed by atoms with E-state index in [0.29, 0.717) is 0 Å². The van der Waals surface area contributed by atoms with E-state index in [1.165, 1.54) is 0 Å². The Labute approximate surface area is 182 Å². The smallest absolute Gasteiger partial charge is 0.328 e. The van der Waals surface area contributed by atoms with Crippen molar-refractivity contribution in [3.05, 3.63) is 0 Å². The van der Waals surface area contributed by atoms with Crippen molar-refractivity contribution in [1.82, 2.24) is 16.0 Å². The van der Waals surface area contributed by atoms with Crippen LogP contribution in [0.4, 0.5) is 0 Å². The maximum atomic E-state index is 12.6. The Hall–Kier alpha value is -2.91. The Bertz CT molecular complexity index is 703. The van der Waals surface area contributed by atoms with E-state index in [9.17, 15) is 33.9 Å². The maximum absolute atomic E-state index is 12.6. The van der Waals surface area contributed by atoms with Crippen molar-refractivity contribution >= 4 is 48.2 Å². The Kier molecular flexibility index (Phi) is 12.1. The highest BCUT2D eigenvalue weighted by Gasteiger charge is 2.32. The molecule has 10 N–H and O–H groups in total. The van der Waals surface area contributed by atoms with Crippen molar-refractivity contribution in [2.75, 3.05) is 5.75 Å². The van der Waals surface area contributed by atoms with Crippen LogP contribution in [0.25, 0.3) is 0 Å². The molecule has 31 heavy (non-hydrogen) atoms. The average molecular weight is 465 g/mol. The Morgan fingerprint density at radius 1 is 0.935 bits per heavy atom. The third kappa shape index (κ3) is 10.6. The van der Waals surface area contributed by atoms with E-state index in [2.05, 4.69) is 23.3 Å². The number of aliphatic hydroxyl groups excluding tert-OH is 1. The summed E-state index contributed by atoms with van der Waals surface area (Å²) in [6, 6.07) is -5.94. The average Bonchev–Trinajstić information content (AvgIpc) is 2.66. The molecule has 0 saturated carbocycles. The van der Waals surface area contributed by atoms with Gasteiger partial charge in [0.1, 0.15) is 12.1 Å². The van der Waals surface area contributed by atoms with Crippen LogP contribution in [0.5, 0.6) is 0 Å². The zero-order chi connectivity index (χ0) is 24.3. The number of hydrogen-bond acceptors (Lipinski definition) is 9. The van der Waals surface area contributed by atoms with E-state index < -0.39 is 85.1 Å². The molecule has 0 radical (unpaired) electrons. The fourth-order valence-electron chi connectivity index (χ4n) is 2.22. The lowest BCUT2D eigenvalue weighted by Gasteiger charge is -2.25. The maximum Gasteiger partial charge on any atom is 0.328 e. The molecule has 0 aliphatic carbocycles. The number of aliphatic carboxylic acids is 2. The number of carbonyl (C=O) groups excluding carboxylic acids is 4. The fourth-order valence-corrected chi connectivity index (χ4v) is 2.39. The summed E-state index contributed by atoms with van der Waals surface area (Å²) in [5, 5.41) is 33.7. The Morgan fingerprint density at radius 2 is 1.45 bits per heavy atom. The van der Waals surface area contributed by atoms with Gasteiger partial charge in [0.05, 0.1) is 18.6 Å². The van der Waals surface area contributed by atoms with Crippen LogP contribution in [0.1, 0.15) is 26.2 Å². The van der Waals surface area contributed by atoms with Crippen molar-refractivity contribution in [2.24, 2.45) is 11.5 Å². The third-order valence-corrected chi connectivity index (χ3v) is 4.29. The summed E-state index contributed by atoms with van der Waals surface area (Å²) in [5.74, 6) is -6.90. The number of thiol groups is 1. The van der Waals surface area contributed by atoms with E-state index in [1.807, 2.05) is 5.32 Å². The summed E-state index contributed by atoms with van der Waals surface area (Å²) in [6.07, 6.45) is -3.19. The normalized spacial score (nSPS) is 15.5. The highest BCUT2D eigenvalue weighted by Crippen LogP contribution is 2.04. The molecule has 0 saturated heterocycles. The van der Waals surface area contributed by atoms with E-state index in [1.54, 1.807) is 0 Å². The molecule has 0 rings (SSSR count). The van der Waals surface area contributed by atoms with Gasteiger partial charge in [-0.2, -0.15) is 12.6 Å². The molecular weight excluding hydrogens is 438 g/mol. The summed E-state index contributed by atoms with van der Waals surface area (Å²) in [5.41, 5.74) is 10.6. The summed E-state index contributed by atoms with van der Waals surface area (Å²) in [4.78, 5) is 70.2. The van der Waals surface area contributed by atoms with Crippen LogP contribution in [-0.2, 0) is 28.8 Å². The van der Waals surface area contributed by atoms with Gasteiger partial charge < -0.3 is 42.7 Å². The second kappa shape index (κ2) is 13.4. The van der Waals surface area contributed by atoms with Crippen molar-refractivity contribution < 1.29 is 44.1 Å². The van der Waals surface area contributed by atoms with Crippen LogP contribution in [0, 0.1) is 0 Å². The van der Waals surface area contributed by atoms with E-state index >= 15 is 0 Å². The predicted octanol–water partition coefficient (Wildman–Crippen LogP) is -4.10. The molecule has 0 aliphatic rings. The zero-order valence-corrected chi connectivity index (χ0v) is 17.5. The highest BCUT2D eigenvalue weighted by molar-refractivity contribution is 7.80. The number of aliphatic hydroxyl groups is 1. The van der Waals surface area contributed by atoms with Crippen LogP contribution < -0.4 is 27.4 Å². The number of nitrogens with two attached hydrogens (primary N) is 2. The summed E-state index contributed by atoms with van der Waals surface area (Å²) < 4.78 is 0. The number of hydrogen-bond donors (Lipinski definition) is 9. The van der Waals surface area contributed by atoms with Crippen LogP contribution >= 0.6 is 12.6 Å². The van der Waals surface area contributed by atoms with Crippen molar-refractivity contribution in [1.29, 1.82) is 0 Å². The molecule has 15 heteroatoms. The number of carboxylic acid groups (broad SMARTS) is 2. The number of carbonyl (C=O) groups is 6. The van der Waals surface area contributed by atoms with Crippen molar-refractivity contribution in [2.45, 2.75) is 56.5 Å². The van der Waals surface area contributed by atoms with Crippen LogP contribution in [0.15, 0.2) is 0 Å². The van der Waals surface area contributed by atoms with Gasteiger partial charge in [-0.1, -0.05) is 0 Å². The van der Waals surface area contributed by atoms with Gasteiger partial charge in [-0.15, -0.1) is 0 Å². The third-order valence-electron chi connectivity index (χ3n) is 3.90. The van der Waals surface area contributed by atoms with Crippen LogP contribution in [0.3, 0.4) is 0 Å². The molecule has 176 valence electrons. The zero-order valence-electron chi connectivity index (χ0n) is 16.6. The van der Waals surface area contributed by atoms with Crippen molar-refractivity contribution in [3.8, 4) is 0 Å². The topological polar surface area (TPSA) is 251 Å². The van der Waals surface area contributed by atoms with Gasteiger partial charge in [-0.3, -0.25) is 24.0 Å². The van der Waals surface area contributed by atoms with Crippen molar-refractivity contribution in [3.63, 3.8) is 0 Å². The van der Waals surface area contributed by atoms with Gasteiger partial charge in [0.25, 0.3) is 0 Å². The lowest BCUT2D eigenvalue weighted by Crippen LogP contribution is -2.58. The van der Waals surface area contributed by atoms with Gasteiger partial charge in [-0.05, 0) is 13.3 Å². The molecule has 0 aliphatic heterocycles. The quantitative estimate of drug-likeness (QED) is 0.112. The lowest BCUT2D eigenvalue weighted by molar-refractivity contribution is -0.145. The molecule has 5 unspecified atom stereocenters. The fraction of sp³-hybridized carbons (Fsp3) is 0.625. The number of primary amides is 1. The number of nitrogens with one attached hydrogen (secondary N) is 3. The second-order valence-electron chi connectivity index (χ2n) is 6.58. The summed E-state index contributed by atoms with van der Waals surface area (Å²) in [6.45, 7) is 1.10. The molecular formula is C16H27N5O9S. The first kappa shape index (κ1) is 28.1. The molecule has 4 amide bonds. The first-order valence-corrected chi connectivity index (χ1v) is 9.61. The molecule has 5 atom stereocenters. The molecule has 0 fully saturated rings. The lowest BCUT2D eigenvalue weighted by atomic mass is 10.1. The summed E-state index contributed by atoms with van der Waals surface area (Å²) >= 11 is 3.84. The SMILES string of the molecule is CC(O)C(NC(=O)C(CCC(=O)O)NC(=O)C(CC(N)=O)NC(=O)C(N)CS)C(=O)O. The Morgan fingerprint density at radius 3 is 1.87 bits per heavy atom. The van der Waals surface area contributed by atoms with E-state index in [-0.39, 0.29) is 5.75 Å². The highest BCUT2D eigenvalue weighted by atomic mass is 32.1. The molecule has 0 aromatic heterocycles. The number of rotatable bonds is 14. The monoisotopic (exact) mass is 465 g/mol. The molecule has 0 aromatic rings. The first-order valence-electron chi connectivity index (χ1n) is 8.98. The van der Waals surface area contributed by atoms with E-state index in [0.717, 1.165) is 6.92 Å². The number of carboxylic acids is 2. The first-order chi connectivity index (χ1) is 14.3. The summed E-state index contributed by atoms with van der Waals surface area (Å²) in [7, 11) is 0. The van der Waals surface area contributed by atoms with Gasteiger partial charge in [0.2, 0.25) is 23.6 Å². The van der Waals surface area contributed by atoms with Gasteiger partial charge in [-0.25, -0.2) is 4.79 Å². The predicted molar refractivity (Wildman–Crippen MR) is 108 cm³/mol. The van der Waals surface area contributed by atoms with Gasteiger partial charge in [0, 0.05) is 12.2 Å². The van der Waals surface area contributed by atoms with Crippen LogP contribution in [0.2, 0.25) is 0 Å². The van der Waals surface area contributed by atoms with Gasteiger partial charge in [0.15, 0.2) is 6.04 Å². The van der Waals surface area contributed by atoms with E-state index in [4.69, 9.17) is 21.7 Å². The number of amides is 4. The molecule has 0 bridgehead atoms. The minimum atomic E-state index is -1.73. The van der Waals surface area contributed by atoms with Gasteiger partial charge >= 0.3 is 11.9 Å². The standard InChI is InChI=1S/C16H27N5O9S/c1-6(22)12(16(29)30)21-14(27)8(2-3-11(24)25)19-15(28)9(4-10(18)23)20-13(26)7(17)5-31/h6-9,12,22,31H,2-5,17H2,1H3,(H2,18,23)(H,19,28)(H,20,26)(H,21,27)(H,24,25)(H,29,30). The minimum Gasteiger partial charge on any atom is -0.481 e. The minimum absolute atomic E-state index is 0.0731.